The summed E-state index contributed by atoms with van der Waals surface area (Å²) in [4.78, 5) is 29.1. The van der Waals surface area contributed by atoms with Gasteiger partial charge in [0, 0.05) is 38.3 Å². The van der Waals surface area contributed by atoms with Crippen molar-refractivity contribution in [2.75, 3.05) is 44.6 Å². The van der Waals surface area contributed by atoms with Gasteiger partial charge in [0.2, 0.25) is 11.8 Å². The highest BCUT2D eigenvalue weighted by molar-refractivity contribution is 5.93. The van der Waals surface area contributed by atoms with Gasteiger partial charge in [-0.3, -0.25) is 14.5 Å². The van der Waals surface area contributed by atoms with Crippen LogP contribution < -0.4 is 10.1 Å². The number of amides is 2. The van der Waals surface area contributed by atoms with E-state index in [1.54, 1.807) is 0 Å². The molecule has 33 heavy (non-hydrogen) atoms. The summed E-state index contributed by atoms with van der Waals surface area (Å²) in [6.45, 7) is 9.98. The number of ether oxygens (including phenoxy) is 1. The highest BCUT2D eigenvalue weighted by atomic mass is 16.5. The summed E-state index contributed by atoms with van der Waals surface area (Å²) < 4.78 is 5.88. The normalized spacial score (nSPS) is 14.2. The van der Waals surface area contributed by atoms with Gasteiger partial charge >= 0.3 is 0 Å². The van der Waals surface area contributed by atoms with Crippen molar-refractivity contribution < 1.29 is 14.3 Å². The molecule has 0 saturated carbocycles. The van der Waals surface area contributed by atoms with Crippen LogP contribution in [0, 0.1) is 13.8 Å². The third kappa shape index (κ3) is 7.60. The van der Waals surface area contributed by atoms with Gasteiger partial charge in [-0.25, -0.2) is 0 Å². The number of para-hydroxylation sites is 1. The quantitative estimate of drug-likeness (QED) is 0.550. The fraction of sp³-hybridized carbons (Fsp3) is 0.481. The molecule has 3 rings (SSSR count). The van der Waals surface area contributed by atoms with E-state index in [-0.39, 0.29) is 11.8 Å². The van der Waals surface area contributed by atoms with Crippen LogP contribution in [0.4, 0.5) is 5.69 Å². The van der Waals surface area contributed by atoms with E-state index in [0.29, 0.717) is 32.7 Å². The summed E-state index contributed by atoms with van der Waals surface area (Å²) in [5.74, 6) is 1.13. The van der Waals surface area contributed by atoms with Crippen LogP contribution in [0.5, 0.6) is 5.75 Å². The van der Waals surface area contributed by atoms with Crippen LogP contribution in [-0.2, 0) is 16.0 Å². The van der Waals surface area contributed by atoms with Crippen molar-refractivity contribution >= 4 is 17.5 Å². The molecule has 0 unspecified atom stereocenters. The summed E-state index contributed by atoms with van der Waals surface area (Å²) in [7, 11) is 0. The Morgan fingerprint density at radius 3 is 2.52 bits per heavy atom. The van der Waals surface area contributed by atoms with Gasteiger partial charge in [0.25, 0.3) is 0 Å². The minimum Gasteiger partial charge on any atom is -0.493 e. The molecule has 0 aliphatic carbocycles. The molecule has 6 heteroatoms. The molecule has 1 aliphatic rings. The predicted molar refractivity (Wildman–Crippen MR) is 133 cm³/mol. The number of hydrogen-bond donors (Lipinski definition) is 1. The molecule has 1 heterocycles. The van der Waals surface area contributed by atoms with Crippen molar-refractivity contribution in [2.45, 2.75) is 46.5 Å². The van der Waals surface area contributed by atoms with E-state index in [9.17, 15) is 9.59 Å². The molecule has 0 bridgehead atoms. The number of aryl methyl sites for hydroxylation is 3. The first-order chi connectivity index (χ1) is 16.0. The van der Waals surface area contributed by atoms with E-state index in [1.807, 2.05) is 36.1 Å². The van der Waals surface area contributed by atoms with Gasteiger partial charge in [-0.1, -0.05) is 37.3 Å². The van der Waals surface area contributed by atoms with Crippen LogP contribution in [0.25, 0.3) is 0 Å². The molecule has 1 aliphatic heterocycles. The molecule has 0 spiro atoms. The fourth-order valence-corrected chi connectivity index (χ4v) is 4.08. The van der Waals surface area contributed by atoms with Crippen LogP contribution in [0.2, 0.25) is 0 Å². The molecule has 0 atom stereocenters. The van der Waals surface area contributed by atoms with Gasteiger partial charge in [-0.05, 0) is 61.9 Å². The number of nitrogens with one attached hydrogen (secondary N) is 1. The molecule has 0 radical (unpaired) electrons. The molecule has 2 aromatic rings. The number of carbonyl (C=O) groups excluding carboxylic acids is 2. The Bertz CT molecular complexity index is 936. The van der Waals surface area contributed by atoms with E-state index in [0.717, 1.165) is 54.9 Å². The maximum absolute atomic E-state index is 12.6. The van der Waals surface area contributed by atoms with Gasteiger partial charge in [-0.15, -0.1) is 0 Å². The Labute approximate surface area is 197 Å². The lowest BCUT2D eigenvalue weighted by atomic mass is 10.1. The zero-order chi connectivity index (χ0) is 23.6. The third-order valence-electron chi connectivity index (χ3n) is 6.15. The van der Waals surface area contributed by atoms with Gasteiger partial charge < -0.3 is 15.0 Å². The Morgan fingerprint density at radius 1 is 1.00 bits per heavy atom. The molecule has 6 nitrogen and oxygen atoms in total. The number of piperazine rings is 1. The first-order valence-electron chi connectivity index (χ1n) is 12.0. The van der Waals surface area contributed by atoms with Crippen LogP contribution >= 0.6 is 0 Å². The Hall–Kier alpha value is -2.86. The number of nitrogens with zero attached hydrogens (tertiary/aromatic N) is 2. The van der Waals surface area contributed by atoms with Crippen molar-refractivity contribution in [3.8, 4) is 5.75 Å². The summed E-state index contributed by atoms with van der Waals surface area (Å²) in [5.41, 5.74) is 4.35. The second-order valence-electron chi connectivity index (χ2n) is 8.79. The summed E-state index contributed by atoms with van der Waals surface area (Å²) >= 11 is 0. The summed E-state index contributed by atoms with van der Waals surface area (Å²) in [6, 6.07) is 14.1. The van der Waals surface area contributed by atoms with Gasteiger partial charge in [0.1, 0.15) is 5.75 Å². The van der Waals surface area contributed by atoms with Crippen molar-refractivity contribution in [3.63, 3.8) is 0 Å². The van der Waals surface area contributed by atoms with E-state index >= 15 is 0 Å². The molecular formula is C27H37N3O3. The van der Waals surface area contributed by atoms with E-state index < -0.39 is 0 Å². The molecule has 2 amide bonds. The third-order valence-corrected chi connectivity index (χ3v) is 6.15. The first kappa shape index (κ1) is 24.8. The molecule has 1 N–H and O–H groups in total. The zero-order valence-corrected chi connectivity index (χ0v) is 20.2. The Kier molecular flexibility index (Phi) is 9.31. The first-order valence-corrected chi connectivity index (χ1v) is 12.0. The maximum atomic E-state index is 12.6. The molecule has 1 fully saturated rings. The number of unbranched alkanes of at least 4 members (excludes halogenated alkanes) is 1. The molecule has 2 aromatic carbocycles. The summed E-state index contributed by atoms with van der Waals surface area (Å²) in [6.07, 6.45) is 3.11. The van der Waals surface area contributed by atoms with Crippen molar-refractivity contribution in [1.82, 2.24) is 9.80 Å². The van der Waals surface area contributed by atoms with Gasteiger partial charge in [0.05, 0.1) is 13.2 Å². The highest BCUT2D eigenvalue weighted by Crippen LogP contribution is 2.19. The molecule has 1 saturated heterocycles. The molecular weight excluding hydrogens is 414 g/mol. The monoisotopic (exact) mass is 451 g/mol. The lowest BCUT2D eigenvalue weighted by molar-refractivity contribution is -0.133. The van der Waals surface area contributed by atoms with Crippen molar-refractivity contribution in [2.24, 2.45) is 0 Å². The average Bonchev–Trinajstić information content (AvgIpc) is 2.81. The van der Waals surface area contributed by atoms with Crippen molar-refractivity contribution in [1.29, 1.82) is 0 Å². The van der Waals surface area contributed by atoms with E-state index in [4.69, 9.17) is 4.74 Å². The summed E-state index contributed by atoms with van der Waals surface area (Å²) in [5, 5.41) is 3.03. The van der Waals surface area contributed by atoms with Gasteiger partial charge in [0.15, 0.2) is 0 Å². The smallest absolute Gasteiger partial charge is 0.238 e. The van der Waals surface area contributed by atoms with Crippen LogP contribution in [-0.4, -0.2) is 60.9 Å². The largest absolute Gasteiger partial charge is 0.493 e. The SMILES string of the molecule is CCc1ccccc1NC(=O)CN1CCN(C(=O)CCCCOc2cc(C)ccc2C)CC1. The standard InChI is InChI=1S/C27H37N3O3/c1-4-23-9-5-6-10-24(23)28-26(31)20-29-14-16-30(17-15-29)27(32)11-7-8-18-33-25-19-21(2)12-13-22(25)3/h5-6,9-10,12-13,19H,4,7-8,11,14-18,20H2,1-3H3,(H,28,31). The minimum atomic E-state index is -0.000442. The highest BCUT2D eigenvalue weighted by Gasteiger charge is 2.22. The topological polar surface area (TPSA) is 61.9 Å². The predicted octanol–water partition coefficient (Wildman–Crippen LogP) is 4.20. The van der Waals surface area contributed by atoms with Crippen LogP contribution in [0.15, 0.2) is 42.5 Å². The number of carbonyl (C=O) groups is 2. The molecule has 178 valence electrons. The van der Waals surface area contributed by atoms with Gasteiger partial charge in [-0.2, -0.15) is 0 Å². The van der Waals surface area contributed by atoms with Crippen molar-refractivity contribution in [3.05, 3.63) is 59.2 Å². The average molecular weight is 452 g/mol. The maximum Gasteiger partial charge on any atom is 0.238 e. The van der Waals surface area contributed by atoms with E-state index in [1.165, 1.54) is 5.56 Å². The Morgan fingerprint density at radius 2 is 1.76 bits per heavy atom. The number of rotatable bonds is 10. The number of hydrogen-bond acceptors (Lipinski definition) is 4. The second-order valence-corrected chi connectivity index (χ2v) is 8.79. The number of benzene rings is 2. The Balaban J connectivity index is 1.31. The second kappa shape index (κ2) is 12.4. The number of anilines is 1. The van der Waals surface area contributed by atoms with Crippen LogP contribution in [0.3, 0.4) is 0 Å². The fourth-order valence-electron chi connectivity index (χ4n) is 4.08. The molecule has 0 aromatic heterocycles. The van der Waals surface area contributed by atoms with E-state index in [2.05, 4.69) is 42.3 Å². The lowest BCUT2D eigenvalue weighted by Gasteiger charge is -2.34. The van der Waals surface area contributed by atoms with Crippen LogP contribution in [0.1, 0.15) is 42.9 Å². The minimum absolute atomic E-state index is 0.000442. The zero-order valence-electron chi connectivity index (χ0n) is 20.2. The lowest BCUT2D eigenvalue weighted by Crippen LogP contribution is -2.50.